The smallest absolute Gasteiger partial charge is 0.341 e. The van der Waals surface area contributed by atoms with Crippen LogP contribution in [0.15, 0.2) is 34.8 Å². The predicted molar refractivity (Wildman–Crippen MR) is 165 cm³/mol. The van der Waals surface area contributed by atoms with Crippen LogP contribution in [0.1, 0.15) is 64.3 Å². The van der Waals surface area contributed by atoms with Crippen LogP contribution in [0, 0.1) is 13.8 Å². The van der Waals surface area contributed by atoms with Crippen molar-refractivity contribution in [3.8, 4) is 22.5 Å². The van der Waals surface area contributed by atoms with Crippen LogP contribution in [0.2, 0.25) is 0 Å². The maximum atomic E-state index is 13.1. The summed E-state index contributed by atoms with van der Waals surface area (Å²) in [5.41, 5.74) is 6.19. The first kappa shape index (κ1) is 28.6. The van der Waals surface area contributed by atoms with Crippen molar-refractivity contribution in [1.82, 2.24) is 14.8 Å². The molecule has 0 unspecified atom stereocenters. The summed E-state index contributed by atoms with van der Waals surface area (Å²) in [7, 11) is 0. The number of ether oxygens (including phenoxy) is 1. The number of fused-ring (bicyclic) bond motifs is 1. The summed E-state index contributed by atoms with van der Waals surface area (Å²) >= 11 is 4.58. The van der Waals surface area contributed by atoms with E-state index >= 15 is 0 Å². The zero-order valence-electron chi connectivity index (χ0n) is 23.3. The van der Waals surface area contributed by atoms with Crippen molar-refractivity contribution in [1.29, 1.82) is 0 Å². The molecular weight excluding hydrogens is 561 g/mol. The summed E-state index contributed by atoms with van der Waals surface area (Å²) in [6, 6.07) is 8.55. The zero-order chi connectivity index (χ0) is 28.2. The molecular formula is C30H34N4O3S3. The molecule has 0 fully saturated rings. The first-order chi connectivity index (χ1) is 19.4. The van der Waals surface area contributed by atoms with E-state index in [2.05, 4.69) is 70.5 Å². The number of anilines is 1. The van der Waals surface area contributed by atoms with E-state index in [0.29, 0.717) is 28.9 Å². The molecule has 1 amide bonds. The van der Waals surface area contributed by atoms with Crippen LogP contribution >= 0.6 is 34.4 Å². The summed E-state index contributed by atoms with van der Waals surface area (Å²) in [5, 5.41) is 15.5. The molecule has 1 N–H and O–H groups in total. The van der Waals surface area contributed by atoms with Crippen molar-refractivity contribution in [2.24, 2.45) is 0 Å². The topological polar surface area (TPSA) is 86.1 Å². The van der Waals surface area contributed by atoms with Gasteiger partial charge in [-0.05, 0) is 64.5 Å². The van der Waals surface area contributed by atoms with Crippen LogP contribution in [0.4, 0.5) is 5.00 Å². The highest BCUT2D eigenvalue weighted by molar-refractivity contribution is 7.99. The van der Waals surface area contributed by atoms with Gasteiger partial charge in [0.05, 0.1) is 17.9 Å². The number of aromatic nitrogens is 3. The van der Waals surface area contributed by atoms with Gasteiger partial charge in [0.1, 0.15) is 5.00 Å². The van der Waals surface area contributed by atoms with Gasteiger partial charge in [-0.1, -0.05) is 48.0 Å². The second kappa shape index (κ2) is 12.7. The van der Waals surface area contributed by atoms with E-state index in [0.717, 1.165) is 54.6 Å². The lowest BCUT2D eigenvalue weighted by molar-refractivity contribution is -0.113. The largest absolute Gasteiger partial charge is 0.462 e. The summed E-state index contributed by atoms with van der Waals surface area (Å²) in [4.78, 5) is 28.4. The van der Waals surface area contributed by atoms with Gasteiger partial charge >= 0.3 is 5.97 Å². The molecule has 10 heteroatoms. The number of nitrogens with one attached hydrogen (secondary N) is 1. The van der Waals surface area contributed by atoms with E-state index in [1.165, 1.54) is 44.0 Å². The fraction of sp³-hybridized carbons (Fsp3) is 0.400. The molecule has 40 heavy (non-hydrogen) atoms. The van der Waals surface area contributed by atoms with Crippen LogP contribution in [-0.4, -0.2) is 39.0 Å². The van der Waals surface area contributed by atoms with Crippen LogP contribution in [0.25, 0.3) is 22.5 Å². The van der Waals surface area contributed by atoms with Gasteiger partial charge in [-0.3, -0.25) is 4.79 Å². The van der Waals surface area contributed by atoms with Crippen LogP contribution < -0.4 is 5.32 Å². The van der Waals surface area contributed by atoms with Crippen LogP contribution in [0.3, 0.4) is 0 Å². The molecule has 0 atom stereocenters. The quantitative estimate of drug-likeness (QED) is 0.122. The molecule has 1 aliphatic rings. The van der Waals surface area contributed by atoms with Gasteiger partial charge in [-0.15, -0.1) is 32.9 Å². The summed E-state index contributed by atoms with van der Waals surface area (Å²) in [6.45, 7) is 9.06. The number of nitrogens with zero attached hydrogens (tertiary/aromatic N) is 3. The van der Waals surface area contributed by atoms with Crippen molar-refractivity contribution < 1.29 is 14.3 Å². The number of esters is 1. The first-order valence-corrected chi connectivity index (χ1v) is 16.4. The Morgan fingerprint density at radius 3 is 2.60 bits per heavy atom. The number of carbonyl (C=O) groups excluding carboxylic acids is 2. The SMILES string of the molecule is CCOC(=O)c1c(NC(=O)CSc2nnc(-c3csc(C)c3-c3ccc(C)cc3)n2CC)sc2c1CCCCC2. The second-order valence-corrected chi connectivity index (χ2v) is 13.0. The predicted octanol–water partition coefficient (Wildman–Crippen LogP) is 7.55. The Morgan fingerprint density at radius 1 is 1.07 bits per heavy atom. The van der Waals surface area contributed by atoms with E-state index in [1.807, 2.05) is 0 Å². The minimum atomic E-state index is -0.351. The van der Waals surface area contributed by atoms with E-state index in [-0.39, 0.29) is 17.6 Å². The normalized spacial score (nSPS) is 13.1. The number of hydrogen-bond acceptors (Lipinski definition) is 8. The third-order valence-corrected chi connectivity index (χ3v) is 10.2. The molecule has 5 rings (SSSR count). The molecule has 1 aliphatic carbocycles. The van der Waals surface area contributed by atoms with Gasteiger partial charge in [0.25, 0.3) is 0 Å². The number of carbonyl (C=O) groups is 2. The summed E-state index contributed by atoms with van der Waals surface area (Å²) in [6.07, 6.45) is 5.08. The number of amides is 1. The second-order valence-electron chi connectivity index (χ2n) is 9.82. The molecule has 210 valence electrons. The zero-order valence-corrected chi connectivity index (χ0v) is 25.8. The van der Waals surface area contributed by atoms with Crippen molar-refractivity contribution in [3.05, 3.63) is 56.1 Å². The standard InChI is InChI=1S/C30H34N4O3S3/c1-5-34-27(22-16-38-19(4)25(22)20-14-12-18(3)13-15-20)32-33-30(34)39-17-24(35)31-28-26(29(36)37-6-2)21-10-8-7-9-11-23(21)40-28/h12-16H,5-11,17H2,1-4H3,(H,31,35). The highest BCUT2D eigenvalue weighted by atomic mass is 32.2. The number of hydrogen-bond donors (Lipinski definition) is 1. The van der Waals surface area contributed by atoms with Gasteiger partial charge in [-0.2, -0.15) is 0 Å². The molecule has 0 saturated heterocycles. The summed E-state index contributed by atoms with van der Waals surface area (Å²) in [5.74, 6) is 0.440. The van der Waals surface area contributed by atoms with Crippen molar-refractivity contribution >= 4 is 51.3 Å². The molecule has 0 bridgehead atoms. The van der Waals surface area contributed by atoms with E-state index in [4.69, 9.17) is 4.74 Å². The molecule has 0 saturated carbocycles. The van der Waals surface area contributed by atoms with Crippen molar-refractivity contribution in [2.75, 3.05) is 17.7 Å². The lowest BCUT2D eigenvalue weighted by atomic mass is 10.0. The number of thiophene rings is 2. The first-order valence-electron chi connectivity index (χ1n) is 13.7. The maximum Gasteiger partial charge on any atom is 0.341 e. The van der Waals surface area contributed by atoms with Gasteiger partial charge in [0.15, 0.2) is 11.0 Å². The molecule has 0 aliphatic heterocycles. The molecule has 1 aromatic carbocycles. The number of benzene rings is 1. The number of rotatable bonds is 9. The fourth-order valence-corrected chi connectivity index (χ4v) is 8.08. The van der Waals surface area contributed by atoms with Gasteiger partial charge in [0.2, 0.25) is 5.91 Å². The molecule has 3 heterocycles. The maximum absolute atomic E-state index is 13.1. The Hall–Kier alpha value is -2.95. The van der Waals surface area contributed by atoms with Crippen molar-refractivity contribution in [2.45, 2.75) is 71.5 Å². The fourth-order valence-electron chi connectivity index (χ4n) is 5.12. The summed E-state index contributed by atoms with van der Waals surface area (Å²) < 4.78 is 7.42. The Kier molecular flexibility index (Phi) is 9.07. The highest BCUT2D eigenvalue weighted by Crippen LogP contribution is 2.40. The average Bonchev–Trinajstić information content (AvgIpc) is 3.57. The Bertz CT molecular complexity index is 1520. The lowest BCUT2D eigenvalue weighted by Gasteiger charge is -2.10. The number of thioether (sulfide) groups is 1. The Labute approximate surface area is 247 Å². The molecule has 0 radical (unpaired) electrons. The van der Waals surface area contributed by atoms with E-state index < -0.39 is 0 Å². The number of aryl methyl sites for hydroxylation is 3. The molecule has 3 aromatic heterocycles. The Morgan fingerprint density at radius 2 is 1.85 bits per heavy atom. The molecule has 7 nitrogen and oxygen atoms in total. The van der Waals surface area contributed by atoms with Crippen LogP contribution in [0.5, 0.6) is 0 Å². The lowest BCUT2D eigenvalue weighted by Crippen LogP contribution is -2.17. The van der Waals surface area contributed by atoms with E-state index in [9.17, 15) is 9.59 Å². The van der Waals surface area contributed by atoms with Gasteiger partial charge in [0, 0.05) is 32.8 Å². The van der Waals surface area contributed by atoms with Crippen LogP contribution in [-0.2, 0) is 28.9 Å². The highest BCUT2D eigenvalue weighted by Gasteiger charge is 2.27. The van der Waals surface area contributed by atoms with Gasteiger partial charge < -0.3 is 14.6 Å². The molecule has 0 spiro atoms. The van der Waals surface area contributed by atoms with Gasteiger partial charge in [-0.25, -0.2) is 4.79 Å². The van der Waals surface area contributed by atoms with Crippen molar-refractivity contribution in [3.63, 3.8) is 0 Å². The third-order valence-electron chi connectivity index (χ3n) is 7.08. The Balaban J connectivity index is 1.35. The van der Waals surface area contributed by atoms with E-state index in [1.54, 1.807) is 18.3 Å². The third kappa shape index (κ3) is 5.89. The molecule has 4 aromatic rings. The average molecular weight is 595 g/mol. The minimum absolute atomic E-state index is 0.163. The monoisotopic (exact) mass is 594 g/mol. The minimum Gasteiger partial charge on any atom is -0.462 e.